The van der Waals surface area contributed by atoms with Gasteiger partial charge < -0.3 is 14.8 Å². The molecule has 0 fully saturated rings. The topological polar surface area (TPSA) is 50.8 Å². The molecule has 1 aliphatic heterocycles. The summed E-state index contributed by atoms with van der Waals surface area (Å²) in [7, 11) is 3.29. The maximum Gasteiger partial charge on any atom is 0.241 e. The summed E-state index contributed by atoms with van der Waals surface area (Å²) >= 11 is 0. The van der Waals surface area contributed by atoms with Crippen molar-refractivity contribution in [2.75, 3.05) is 26.1 Å². The minimum Gasteiger partial charge on any atom is -0.493 e. The van der Waals surface area contributed by atoms with Crippen LogP contribution in [-0.2, 0) is 17.8 Å². The third-order valence-electron chi connectivity index (χ3n) is 4.96. The lowest BCUT2D eigenvalue weighted by Crippen LogP contribution is -2.44. The Kier molecular flexibility index (Phi) is 5.47. The zero-order valence-electron chi connectivity index (χ0n) is 15.8. The molecule has 1 amide bonds. The van der Waals surface area contributed by atoms with Crippen LogP contribution in [0.4, 0.5) is 5.69 Å². The SMILES string of the molecule is COc1cc2c(cc1OC)CN(C(C)C(=O)Nc1cccc(C)c1)CC2. The summed E-state index contributed by atoms with van der Waals surface area (Å²) in [6.07, 6.45) is 0.887. The Labute approximate surface area is 154 Å². The highest BCUT2D eigenvalue weighted by molar-refractivity contribution is 5.94. The van der Waals surface area contributed by atoms with Gasteiger partial charge in [0.1, 0.15) is 0 Å². The molecule has 0 saturated heterocycles. The molecule has 1 heterocycles. The van der Waals surface area contributed by atoms with Gasteiger partial charge in [0.05, 0.1) is 20.3 Å². The van der Waals surface area contributed by atoms with E-state index in [0.717, 1.165) is 42.3 Å². The van der Waals surface area contributed by atoms with Crippen LogP contribution < -0.4 is 14.8 Å². The number of ether oxygens (including phenoxy) is 2. The van der Waals surface area contributed by atoms with Crippen molar-refractivity contribution in [2.45, 2.75) is 32.9 Å². The number of nitrogens with one attached hydrogen (secondary N) is 1. The minimum absolute atomic E-state index is 0.0135. The average Bonchev–Trinajstić information content (AvgIpc) is 2.65. The van der Waals surface area contributed by atoms with Gasteiger partial charge in [-0.3, -0.25) is 9.69 Å². The predicted molar refractivity (Wildman–Crippen MR) is 103 cm³/mol. The first kappa shape index (κ1) is 18.3. The molecule has 138 valence electrons. The van der Waals surface area contributed by atoms with Gasteiger partial charge in [0.15, 0.2) is 11.5 Å². The summed E-state index contributed by atoms with van der Waals surface area (Å²) < 4.78 is 10.8. The van der Waals surface area contributed by atoms with Crippen LogP contribution in [0.1, 0.15) is 23.6 Å². The molecule has 0 saturated carbocycles. The summed E-state index contributed by atoms with van der Waals surface area (Å²) in [5.41, 5.74) is 4.41. The van der Waals surface area contributed by atoms with Crippen molar-refractivity contribution in [3.05, 3.63) is 53.1 Å². The highest BCUT2D eigenvalue weighted by Gasteiger charge is 2.26. The number of benzene rings is 2. The average molecular weight is 354 g/mol. The largest absolute Gasteiger partial charge is 0.493 e. The summed E-state index contributed by atoms with van der Waals surface area (Å²) in [5, 5.41) is 3.02. The summed E-state index contributed by atoms with van der Waals surface area (Å²) in [6.45, 7) is 5.53. The van der Waals surface area contributed by atoms with Crippen molar-refractivity contribution in [1.82, 2.24) is 4.90 Å². The highest BCUT2D eigenvalue weighted by Crippen LogP contribution is 2.33. The Hall–Kier alpha value is -2.53. The number of amides is 1. The van der Waals surface area contributed by atoms with Gasteiger partial charge in [-0.25, -0.2) is 0 Å². The molecule has 2 aromatic carbocycles. The zero-order valence-corrected chi connectivity index (χ0v) is 15.8. The third-order valence-corrected chi connectivity index (χ3v) is 4.96. The van der Waals surface area contributed by atoms with Crippen LogP contribution in [-0.4, -0.2) is 37.6 Å². The molecule has 1 N–H and O–H groups in total. The van der Waals surface area contributed by atoms with Crippen LogP contribution in [0.3, 0.4) is 0 Å². The van der Waals surface area contributed by atoms with Gasteiger partial charge >= 0.3 is 0 Å². The van der Waals surface area contributed by atoms with E-state index in [1.807, 2.05) is 50.2 Å². The Morgan fingerprint density at radius 3 is 2.46 bits per heavy atom. The third kappa shape index (κ3) is 3.83. The van der Waals surface area contributed by atoms with Crippen LogP contribution in [0, 0.1) is 6.92 Å². The minimum atomic E-state index is -0.211. The number of anilines is 1. The van der Waals surface area contributed by atoms with E-state index in [0.29, 0.717) is 0 Å². The number of nitrogens with zero attached hydrogens (tertiary/aromatic N) is 1. The maximum absolute atomic E-state index is 12.7. The van der Waals surface area contributed by atoms with Gasteiger partial charge in [-0.2, -0.15) is 0 Å². The van der Waals surface area contributed by atoms with Gasteiger partial charge in [0.2, 0.25) is 5.91 Å². The number of fused-ring (bicyclic) bond motifs is 1. The van der Waals surface area contributed by atoms with E-state index < -0.39 is 0 Å². The lowest BCUT2D eigenvalue weighted by Gasteiger charge is -2.33. The van der Waals surface area contributed by atoms with Crippen molar-refractivity contribution in [3.8, 4) is 11.5 Å². The quantitative estimate of drug-likeness (QED) is 0.894. The molecule has 1 atom stereocenters. The molecular formula is C21H26N2O3. The number of methoxy groups -OCH3 is 2. The standard InChI is InChI=1S/C21H26N2O3/c1-14-6-5-7-18(10-14)22-21(24)15(2)23-9-8-16-11-19(25-3)20(26-4)12-17(16)13-23/h5-7,10-12,15H,8-9,13H2,1-4H3,(H,22,24). The van der Waals surface area contributed by atoms with E-state index >= 15 is 0 Å². The maximum atomic E-state index is 12.7. The van der Waals surface area contributed by atoms with Crippen LogP contribution >= 0.6 is 0 Å². The fraction of sp³-hybridized carbons (Fsp3) is 0.381. The number of rotatable bonds is 5. The second-order valence-electron chi connectivity index (χ2n) is 6.73. The normalized spacial score (nSPS) is 15.1. The van der Waals surface area contributed by atoms with Crippen LogP contribution in [0.25, 0.3) is 0 Å². The smallest absolute Gasteiger partial charge is 0.241 e. The van der Waals surface area contributed by atoms with E-state index in [-0.39, 0.29) is 11.9 Å². The first-order valence-corrected chi connectivity index (χ1v) is 8.87. The Bertz CT molecular complexity index is 804. The number of carbonyl (C=O) groups is 1. The Morgan fingerprint density at radius 2 is 1.81 bits per heavy atom. The number of hydrogen-bond donors (Lipinski definition) is 1. The molecule has 5 nitrogen and oxygen atoms in total. The van der Waals surface area contributed by atoms with Crippen molar-refractivity contribution in [2.24, 2.45) is 0 Å². The molecule has 1 unspecified atom stereocenters. The van der Waals surface area contributed by atoms with Gasteiger partial charge in [0.25, 0.3) is 0 Å². The number of hydrogen-bond acceptors (Lipinski definition) is 4. The zero-order chi connectivity index (χ0) is 18.7. The molecule has 2 aromatic rings. The van der Waals surface area contributed by atoms with Crippen LogP contribution in [0.2, 0.25) is 0 Å². The van der Waals surface area contributed by atoms with E-state index in [9.17, 15) is 4.79 Å². The van der Waals surface area contributed by atoms with Crippen molar-refractivity contribution in [3.63, 3.8) is 0 Å². The molecule has 5 heteroatoms. The second-order valence-corrected chi connectivity index (χ2v) is 6.73. The lowest BCUT2D eigenvalue weighted by molar-refractivity contribution is -0.121. The van der Waals surface area contributed by atoms with Crippen molar-refractivity contribution < 1.29 is 14.3 Å². The molecule has 0 radical (unpaired) electrons. The van der Waals surface area contributed by atoms with Gasteiger partial charge in [-0.05, 0) is 61.2 Å². The highest BCUT2D eigenvalue weighted by atomic mass is 16.5. The van der Waals surface area contributed by atoms with Crippen molar-refractivity contribution >= 4 is 11.6 Å². The summed E-state index contributed by atoms with van der Waals surface area (Å²) in [6, 6.07) is 11.7. The Balaban J connectivity index is 1.72. The molecule has 26 heavy (non-hydrogen) atoms. The van der Waals surface area contributed by atoms with Crippen LogP contribution in [0.5, 0.6) is 11.5 Å². The molecular weight excluding hydrogens is 328 g/mol. The molecule has 0 aromatic heterocycles. The Morgan fingerprint density at radius 1 is 1.12 bits per heavy atom. The fourth-order valence-electron chi connectivity index (χ4n) is 3.37. The van der Waals surface area contributed by atoms with E-state index in [2.05, 4.69) is 10.2 Å². The first-order chi connectivity index (χ1) is 12.5. The molecule has 0 bridgehead atoms. The summed E-state index contributed by atoms with van der Waals surface area (Å²) in [4.78, 5) is 14.9. The monoisotopic (exact) mass is 354 g/mol. The molecule has 0 aliphatic carbocycles. The van der Waals surface area contributed by atoms with E-state index in [1.165, 1.54) is 11.1 Å². The fourth-order valence-corrected chi connectivity index (χ4v) is 3.37. The number of aryl methyl sites for hydroxylation is 1. The van der Waals surface area contributed by atoms with Gasteiger partial charge in [0, 0.05) is 18.8 Å². The molecule has 3 rings (SSSR count). The van der Waals surface area contributed by atoms with Crippen LogP contribution in [0.15, 0.2) is 36.4 Å². The summed E-state index contributed by atoms with van der Waals surface area (Å²) in [5.74, 6) is 1.49. The van der Waals surface area contributed by atoms with Gasteiger partial charge in [-0.15, -0.1) is 0 Å². The second kappa shape index (κ2) is 7.79. The predicted octanol–water partition coefficient (Wildman–Crippen LogP) is 3.40. The number of carbonyl (C=O) groups excluding carboxylic acids is 1. The first-order valence-electron chi connectivity index (χ1n) is 8.87. The molecule has 1 aliphatic rings. The molecule has 0 spiro atoms. The van der Waals surface area contributed by atoms with E-state index in [1.54, 1.807) is 14.2 Å². The van der Waals surface area contributed by atoms with Crippen molar-refractivity contribution in [1.29, 1.82) is 0 Å². The van der Waals surface area contributed by atoms with Gasteiger partial charge in [-0.1, -0.05) is 12.1 Å². The van der Waals surface area contributed by atoms with E-state index in [4.69, 9.17) is 9.47 Å². The lowest BCUT2D eigenvalue weighted by atomic mass is 9.97.